The van der Waals surface area contributed by atoms with Crippen LogP contribution in [0.5, 0.6) is 0 Å². The van der Waals surface area contributed by atoms with Gasteiger partial charge in [0, 0.05) is 13.7 Å². The Morgan fingerprint density at radius 2 is 2.13 bits per heavy atom. The number of nitrogens with zero attached hydrogens (tertiary/aromatic N) is 1. The highest BCUT2D eigenvalue weighted by molar-refractivity contribution is 5.79. The van der Waals surface area contributed by atoms with Gasteiger partial charge in [-0.1, -0.05) is 0 Å². The Hall–Kier alpha value is -1.08. The molecule has 0 heterocycles. The van der Waals surface area contributed by atoms with Crippen molar-refractivity contribution in [3.8, 4) is 6.07 Å². The van der Waals surface area contributed by atoms with E-state index in [1.807, 2.05) is 6.07 Å². The average Bonchev–Trinajstić information content (AvgIpc) is 2.24. The topological polar surface area (TPSA) is 59.3 Å². The van der Waals surface area contributed by atoms with Crippen LogP contribution in [0, 0.1) is 16.7 Å². The van der Waals surface area contributed by atoms with Crippen LogP contribution in [0.1, 0.15) is 33.1 Å². The van der Waals surface area contributed by atoms with Gasteiger partial charge >= 0.3 is 5.97 Å². The molecular formula is C11H19NO3. The lowest BCUT2D eigenvalue weighted by Gasteiger charge is -2.18. The Kier molecular flexibility index (Phi) is 6.72. The van der Waals surface area contributed by atoms with Gasteiger partial charge in [-0.15, -0.1) is 0 Å². The largest absolute Gasteiger partial charge is 0.465 e. The van der Waals surface area contributed by atoms with Gasteiger partial charge in [0.25, 0.3) is 0 Å². The van der Waals surface area contributed by atoms with E-state index in [-0.39, 0.29) is 0 Å². The van der Waals surface area contributed by atoms with Crippen LogP contribution in [-0.2, 0) is 14.3 Å². The van der Waals surface area contributed by atoms with Crippen LogP contribution in [0.25, 0.3) is 0 Å². The van der Waals surface area contributed by atoms with E-state index in [9.17, 15) is 4.79 Å². The number of ether oxygens (including phenoxy) is 2. The first-order valence-corrected chi connectivity index (χ1v) is 5.18. The molecule has 1 unspecified atom stereocenters. The van der Waals surface area contributed by atoms with Crippen molar-refractivity contribution >= 4 is 5.97 Å². The van der Waals surface area contributed by atoms with E-state index in [4.69, 9.17) is 14.7 Å². The minimum absolute atomic E-state index is 0.314. The summed E-state index contributed by atoms with van der Waals surface area (Å²) in [5.41, 5.74) is -1.01. The zero-order chi connectivity index (χ0) is 11.7. The summed E-state index contributed by atoms with van der Waals surface area (Å²) in [6.45, 7) is 4.33. The number of carbonyl (C=O) groups excluding carboxylic acids is 1. The summed E-state index contributed by atoms with van der Waals surface area (Å²) in [6, 6.07) is 2.02. The molecule has 0 fully saturated rings. The predicted molar refractivity (Wildman–Crippen MR) is 56.1 cm³/mol. The number of unbranched alkanes of at least 4 members (excludes halogenated alkanes) is 1. The van der Waals surface area contributed by atoms with E-state index in [1.165, 1.54) is 0 Å². The SMILES string of the molecule is CCOC(=O)C(C)(C#N)CCCCOC. The van der Waals surface area contributed by atoms with Gasteiger partial charge in [0.2, 0.25) is 0 Å². The molecule has 1 atom stereocenters. The highest BCUT2D eigenvalue weighted by atomic mass is 16.5. The van der Waals surface area contributed by atoms with Crippen molar-refractivity contribution < 1.29 is 14.3 Å². The summed E-state index contributed by atoms with van der Waals surface area (Å²) in [6.07, 6.45) is 2.16. The summed E-state index contributed by atoms with van der Waals surface area (Å²) in [5.74, 6) is -0.426. The number of methoxy groups -OCH3 is 1. The van der Waals surface area contributed by atoms with Gasteiger partial charge in [-0.3, -0.25) is 4.79 Å². The second kappa shape index (κ2) is 7.24. The van der Waals surface area contributed by atoms with Gasteiger partial charge in [-0.05, 0) is 33.1 Å². The zero-order valence-corrected chi connectivity index (χ0v) is 9.71. The first-order valence-electron chi connectivity index (χ1n) is 5.18. The van der Waals surface area contributed by atoms with Gasteiger partial charge in [-0.2, -0.15) is 5.26 Å². The zero-order valence-electron chi connectivity index (χ0n) is 9.71. The van der Waals surface area contributed by atoms with Crippen LogP contribution in [-0.4, -0.2) is 26.3 Å². The van der Waals surface area contributed by atoms with E-state index in [0.717, 1.165) is 12.8 Å². The standard InChI is InChI=1S/C11H19NO3/c1-4-15-10(13)11(2,9-12)7-5-6-8-14-3/h4-8H2,1-3H3. The molecule has 0 aromatic heterocycles. The van der Waals surface area contributed by atoms with Crippen molar-refractivity contribution in [1.82, 2.24) is 0 Å². The summed E-state index contributed by atoms with van der Waals surface area (Å²) >= 11 is 0. The van der Waals surface area contributed by atoms with Crippen LogP contribution in [0.3, 0.4) is 0 Å². The van der Waals surface area contributed by atoms with Crippen LogP contribution in [0.2, 0.25) is 0 Å². The molecule has 15 heavy (non-hydrogen) atoms. The smallest absolute Gasteiger partial charge is 0.326 e. The van der Waals surface area contributed by atoms with Crippen LogP contribution in [0.15, 0.2) is 0 Å². The van der Waals surface area contributed by atoms with Crippen LogP contribution in [0.4, 0.5) is 0 Å². The lowest BCUT2D eigenvalue weighted by molar-refractivity contribution is -0.151. The average molecular weight is 213 g/mol. The molecule has 0 saturated carbocycles. The molecule has 0 saturated heterocycles. The Morgan fingerprint density at radius 3 is 2.60 bits per heavy atom. The first kappa shape index (κ1) is 13.9. The number of esters is 1. The molecule has 0 N–H and O–H groups in total. The molecule has 0 aromatic rings. The van der Waals surface area contributed by atoms with Crippen molar-refractivity contribution in [3.63, 3.8) is 0 Å². The van der Waals surface area contributed by atoms with E-state index in [0.29, 0.717) is 19.6 Å². The number of nitriles is 1. The Morgan fingerprint density at radius 1 is 1.47 bits per heavy atom. The van der Waals surface area contributed by atoms with Crippen molar-refractivity contribution in [2.24, 2.45) is 5.41 Å². The molecule has 0 amide bonds. The van der Waals surface area contributed by atoms with Gasteiger partial charge in [0.15, 0.2) is 5.41 Å². The summed E-state index contributed by atoms with van der Waals surface area (Å²) < 4.78 is 9.76. The molecule has 4 nitrogen and oxygen atoms in total. The van der Waals surface area contributed by atoms with E-state index in [1.54, 1.807) is 21.0 Å². The van der Waals surface area contributed by atoms with Crippen molar-refractivity contribution in [2.45, 2.75) is 33.1 Å². The van der Waals surface area contributed by atoms with E-state index < -0.39 is 11.4 Å². The number of carbonyl (C=O) groups is 1. The third kappa shape index (κ3) is 4.80. The lowest BCUT2D eigenvalue weighted by atomic mass is 9.86. The maximum absolute atomic E-state index is 11.5. The second-order valence-electron chi connectivity index (χ2n) is 3.61. The molecular weight excluding hydrogens is 194 g/mol. The fourth-order valence-corrected chi connectivity index (χ4v) is 1.22. The lowest BCUT2D eigenvalue weighted by Crippen LogP contribution is -2.28. The van der Waals surface area contributed by atoms with Crippen molar-refractivity contribution in [2.75, 3.05) is 20.3 Å². The van der Waals surface area contributed by atoms with Gasteiger partial charge in [0.05, 0.1) is 12.7 Å². The van der Waals surface area contributed by atoms with Crippen molar-refractivity contribution in [1.29, 1.82) is 5.26 Å². The molecule has 0 aliphatic rings. The minimum Gasteiger partial charge on any atom is -0.465 e. The predicted octanol–water partition coefficient (Wildman–Crippen LogP) is 1.90. The molecule has 4 heteroatoms. The maximum atomic E-state index is 11.5. The first-order chi connectivity index (χ1) is 7.10. The molecule has 0 spiro atoms. The molecule has 0 aliphatic heterocycles. The fourth-order valence-electron chi connectivity index (χ4n) is 1.22. The molecule has 0 aromatic carbocycles. The number of rotatable bonds is 7. The second-order valence-corrected chi connectivity index (χ2v) is 3.61. The van der Waals surface area contributed by atoms with E-state index >= 15 is 0 Å². The van der Waals surface area contributed by atoms with E-state index in [2.05, 4.69) is 0 Å². The number of hydrogen-bond donors (Lipinski definition) is 0. The summed E-state index contributed by atoms with van der Waals surface area (Å²) in [4.78, 5) is 11.5. The third-order valence-electron chi connectivity index (χ3n) is 2.25. The Balaban J connectivity index is 4.08. The van der Waals surface area contributed by atoms with Gasteiger partial charge in [0.1, 0.15) is 0 Å². The Bertz CT molecular complexity index is 234. The molecule has 0 aliphatic carbocycles. The van der Waals surface area contributed by atoms with Gasteiger partial charge in [-0.25, -0.2) is 0 Å². The highest BCUT2D eigenvalue weighted by Gasteiger charge is 2.34. The van der Waals surface area contributed by atoms with Crippen LogP contribution < -0.4 is 0 Å². The molecule has 0 radical (unpaired) electrons. The molecule has 86 valence electrons. The monoisotopic (exact) mass is 213 g/mol. The Labute approximate surface area is 91.2 Å². The molecule has 0 bridgehead atoms. The normalized spacial score (nSPS) is 14.0. The number of hydrogen-bond acceptors (Lipinski definition) is 4. The summed E-state index contributed by atoms with van der Waals surface area (Å²) in [7, 11) is 1.63. The van der Waals surface area contributed by atoms with Crippen molar-refractivity contribution in [3.05, 3.63) is 0 Å². The van der Waals surface area contributed by atoms with Crippen LogP contribution >= 0.6 is 0 Å². The third-order valence-corrected chi connectivity index (χ3v) is 2.25. The maximum Gasteiger partial charge on any atom is 0.326 e. The highest BCUT2D eigenvalue weighted by Crippen LogP contribution is 2.24. The fraction of sp³-hybridized carbons (Fsp3) is 0.818. The summed E-state index contributed by atoms with van der Waals surface area (Å²) in [5, 5.41) is 8.96. The minimum atomic E-state index is -1.01. The van der Waals surface area contributed by atoms with Gasteiger partial charge < -0.3 is 9.47 Å². The molecule has 0 rings (SSSR count). The quantitative estimate of drug-likeness (QED) is 0.478.